The Morgan fingerprint density at radius 2 is 1.55 bits per heavy atom. The molecule has 4 nitrogen and oxygen atoms in total. The van der Waals surface area contributed by atoms with E-state index in [1.807, 2.05) is 0 Å². The number of carbonyl (C=O) groups is 1. The highest BCUT2D eigenvalue weighted by molar-refractivity contribution is 6.30. The molecule has 0 aliphatic heterocycles. The Labute approximate surface area is 120 Å². The fourth-order valence-corrected chi connectivity index (χ4v) is 1.80. The first-order valence-electron chi connectivity index (χ1n) is 5.70. The second kappa shape index (κ2) is 5.67. The lowest BCUT2D eigenvalue weighted by atomic mass is 10.1. The van der Waals surface area contributed by atoms with E-state index >= 15 is 0 Å². The van der Waals surface area contributed by atoms with E-state index in [1.165, 1.54) is 12.2 Å². The Balaban J connectivity index is 2.26. The first-order chi connectivity index (χ1) is 9.47. The number of phenolic OH excluding ortho intramolecular Hbond substituents is 3. The van der Waals surface area contributed by atoms with Gasteiger partial charge in [-0.15, -0.1) is 0 Å². The third-order valence-electron chi connectivity index (χ3n) is 2.63. The van der Waals surface area contributed by atoms with Crippen molar-refractivity contribution in [3.63, 3.8) is 0 Å². The lowest BCUT2D eigenvalue weighted by Gasteiger charge is -2.04. The van der Waals surface area contributed by atoms with E-state index in [0.29, 0.717) is 5.02 Å². The molecule has 0 aromatic heterocycles. The van der Waals surface area contributed by atoms with Gasteiger partial charge < -0.3 is 15.3 Å². The van der Waals surface area contributed by atoms with Gasteiger partial charge in [0.2, 0.25) is 0 Å². The molecule has 0 radical (unpaired) electrons. The second-order valence-electron chi connectivity index (χ2n) is 4.11. The van der Waals surface area contributed by atoms with E-state index in [1.54, 1.807) is 24.3 Å². The number of carbonyl (C=O) groups excluding carboxylic acids is 1. The molecule has 0 amide bonds. The minimum atomic E-state index is -0.574. The number of halogens is 1. The standard InChI is InChI=1S/C15H11ClO4/c16-10-4-1-9(2-5-10)3-6-12(18)15-13(19)7-11(17)8-14(15)20/h1-8,17,19-20H/b6-3+. The maximum atomic E-state index is 11.9. The predicted molar refractivity (Wildman–Crippen MR) is 76.3 cm³/mol. The molecule has 0 bridgehead atoms. The molecule has 0 unspecified atom stereocenters. The molecule has 0 fully saturated rings. The fraction of sp³-hybridized carbons (Fsp3) is 0. The molecule has 20 heavy (non-hydrogen) atoms. The van der Waals surface area contributed by atoms with Crippen molar-refractivity contribution >= 4 is 23.5 Å². The van der Waals surface area contributed by atoms with Gasteiger partial charge >= 0.3 is 0 Å². The molecule has 0 saturated heterocycles. The minimum absolute atomic E-state index is 0.256. The summed E-state index contributed by atoms with van der Waals surface area (Å²) in [6.07, 6.45) is 2.75. The first-order valence-corrected chi connectivity index (χ1v) is 6.08. The summed E-state index contributed by atoms with van der Waals surface area (Å²) in [6.45, 7) is 0. The molecule has 2 aromatic carbocycles. The Morgan fingerprint density at radius 3 is 2.10 bits per heavy atom. The lowest BCUT2D eigenvalue weighted by Crippen LogP contribution is -1.95. The summed E-state index contributed by atoms with van der Waals surface area (Å²) in [5.74, 6) is -1.85. The summed E-state index contributed by atoms with van der Waals surface area (Å²) in [4.78, 5) is 11.9. The van der Waals surface area contributed by atoms with Gasteiger partial charge in [-0.3, -0.25) is 4.79 Å². The van der Waals surface area contributed by atoms with E-state index in [4.69, 9.17) is 11.6 Å². The predicted octanol–water partition coefficient (Wildman–Crippen LogP) is 3.35. The number of aromatic hydroxyl groups is 3. The number of ketones is 1. The van der Waals surface area contributed by atoms with Crippen LogP contribution in [0.5, 0.6) is 17.2 Å². The number of benzene rings is 2. The monoisotopic (exact) mass is 290 g/mol. The molecule has 102 valence electrons. The largest absolute Gasteiger partial charge is 0.508 e. The number of phenols is 3. The molecule has 0 aliphatic carbocycles. The maximum Gasteiger partial charge on any atom is 0.193 e. The van der Waals surface area contributed by atoms with Crippen LogP contribution < -0.4 is 0 Å². The third kappa shape index (κ3) is 3.10. The van der Waals surface area contributed by atoms with Gasteiger partial charge in [0.15, 0.2) is 5.78 Å². The van der Waals surface area contributed by atoms with Crippen LogP contribution in [0.4, 0.5) is 0 Å². The Hall–Kier alpha value is -2.46. The summed E-state index contributed by atoms with van der Waals surface area (Å²) in [6, 6.07) is 8.79. The van der Waals surface area contributed by atoms with Crippen molar-refractivity contribution in [1.29, 1.82) is 0 Å². The molecule has 5 heteroatoms. The van der Waals surface area contributed by atoms with Crippen molar-refractivity contribution < 1.29 is 20.1 Å². The molecule has 0 spiro atoms. The third-order valence-corrected chi connectivity index (χ3v) is 2.88. The summed E-state index contributed by atoms with van der Waals surface area (Å²) in [5.41, 5.74) is 0.494. The average molecular weight is 291 g/mol. The zero-order chi connectivity index (χ0) is 14.7. The maximum absolute atomic E-state index is 11.9. The number of hydrogen-bond donors (Lipinski definition) is 3. The van der Waals surface area contributed by atoms with Crippen LogP contribution >= 0.6 is 11.6 Å². The lowest BCUT2D eigenvalue weighted by molar-refractivity contribution is 0.104. The van der Waals surface area contributed by atoms with Crippen molar-refractivity contribution in [3.05, 3.63) is 58.6 Å². The normalized spacial score (nSPS) is 10.8. The minimum Gasteiger partial charge on any atom is -0.508 e. The van der Waals surface area contributed by atoms with Crippen LogP contribution in [0.15, 0.2) is 42.5 Å². The average Bonchev–Trinajstić information content (AvgIpc) is 2.37. The summed E-state index contributed by atoms with van der Waals surface area (Å²) >= 11 is 5.75. The van der Waals surface area contributed by atoms with Crippen LogP contribution in [-0.2, 0) is 0 Å². The number of hydrogen-bond acceptors (Lipinski definition) is 4. The van der Waals surface area contributed by atoms with Crippen LogP contribution in [0, 0.1) is 0 Å². The molecule has 2 rings (SSSR count). The van der Waals surface area contributed by atoms with Crippen molar-refractivity contribution in [2.45, 2.75) is 0 Å². The zero-order valence-corrected chi connectivity index (χ0v) is 11.0. The SMILES string of the molecule is O=C(/C=C/c1ccc(Cl)cc1)c1c(O)cc(O)cc1O. The molecule has 3 N–H and O–H groups in total. The van der Waals surface area contributed by atoms with Gasteiger partial charge in [0.1, 0.15) is 22.8 Å². The van der Waals surface area contributed by atoms with Crippen molar-refractivity contribution in [1.82, 2.24) is 0 Å². The van der Waals surface area contributed by atoms with Gasteiger partial charge in [-0.2, -0.15) is 0 Å². The quantitative estimate of drug-likeness (QED) is 0.598. The Kier molecular flexibility index (Phi) is 3.96. The molecule has 0 heterocycles. The topological polar surface area (TPSA) is 77.8 Å². The summed E-state index contributed by atoms with van der Waals surface area (Å²) in [5, 5.41) is 28.9. The van der Waals surface area contributed by atoms with E-state index in [0.717, 1.165) is 17.7 Å². The van der Waals surface area contributed by atoms with Crippen molar-refractivity contribution in [3.8, 4) is 17.2 Å². The molecule has 0 saturated carbocycles. The molecule has 0 atom stereocenters. The highest BCUT2D eigenvalue weighted by Gasteiger charge is 2.15. The highest BCUT2D eigenvalue weighted by atomic mass is 35.5. The Morgan fingerprint density at radius 1 is 1.00 bits per heavy atom. The summed E-state index contributed by atoms with van der Waals surface area (Å²) < 4.78 is 0. The van der Waals surface area contributed by atoms with Crippen LogP contribution in [-0.4, -0.2) is 21.1 Å². The van der Waals surface area contributed by atoms with Gasteiger partial charge in [0.25, 0.3) is 0 Å². The fourth-order valence-electron chi connectivity index (χ4n) is 1.68. The highest BCUT2D eigenvalue weighted by Crippen LogP contribution is 2.32. The second-order valence-corrected chi connectivity index (χ2v) is 4.54. The van der Waals surface area contributed by atoms with Crippen molar-refractivity contribution in [2.24, 2.45) is 0 Å². The van der Waals surface area contributed by atoms with Gasteiger partial charge in [-0.25, -0.2) is 0 Å². The van der Waals surface area contributed by atoms with E-state index in [2.05, 4.69) is 0 Å². The van der Waals surface area contributed by atoms with Gasteiger partial charge in [0, 0.05) is 17.2 Å². The first kappa shape index (κ1) is 14.0. The van der Waals surface area contributed by atoms with Gasteiger partial charge in [0.05, 0.1) is 0 Å². The zero-order valence-electron chi connectivity index (χ0n) is 10.2. The number of rotatable bonds is 3. The van der Waals surface area contributed by atoms with Crippen LogP contribution in [0.2, 0.25) is 5.02 Å². The smallest absolute Gasteiger partial charge is 0.193 e. The molecular weight excluding hydrogens is 280 g/mol. The van der Waals surface area contributed by atoms with E-state index in [-0.39, 0.29) is 11.3 Å². The van der Waals surface area contributed by atoms with Crippen LogP contribution in [0.25, 0.3) is 6.08 Å². The van der Waals surface area contributed by atoms with Gasteiger partial charge in [-0.1, -0.05) is 29.8 Å². The van der Waals surface area contributed by atoms with E-state index < -0.39 is 17.3 Å². The molecule has 2 aromatic rings. The van der Waals surface area contributed by atoms with Crippen molar-refractivity contribution in [2.75, 3.05) is 0 Å². The van der Waals surface area contributed by atoms with Crippen LogP contribution in [0.3, 0.4) is 0 Å². The number of allylic oxidation sites excluding steroid dienone is 1. The van der Waals surface area contributed by atoms with E-state index in [9.17, 15) is 20.1 Å². The summed E-state index contributed by atoms with van der Waals surface area (Å²) in [7, 11) is 0. The molecular formula is C15H11ClO4. The van der Waals surface area contributed by atoms with Gasteiger partial charge in [-0.05, 0) is 23.8 Å². The van der Waals surface area contributed by atoms with Crippen LogP contribution in [0.1, 0.15) is 15.9 Å². The molecule has 0 aliphatic rings. The Bertz CT molecular complexity index is 652.